The molecule has 0 aromatic heterocycles. The van der Waals surface area contributed by atoms with E-state index in [-0.39, 0.29) is 11.0 Å². The molecule has 0 amide bonds. The third-order valence-corrected chi connectivity index (χ3v) is 1.48. The fourth-order valence-corrected chi connectivity index (χ4v) is 0.867. The van der Waals surface area contributed by atoms with Gasteiger partial charge in [-0.2, -0.15) is 0 Å². The number of hydrogen-bond donors (Lipinski definition) is 0. The van der Waals surface area contributed by atoms with E-state index in [9.17, 15) is 0 Å². The summed E-state index contributed by atoms with van der Waals surface area (Å²) in [5.41, 5.74) is 1.77. The molecule has 0 atom stereocenters. The molecule has 0 saturated carbocycles. The smallest absolute Gasteiger partial charge is 0.115 e. The maximum atomic E-state index is 5.69. The van der Waals surface area contributed by atoms with Crippen LogP contribution in [0, 0.1) is 6.92 Å². The van der Waals surface area contributed by atoms with E-state index >= 15 is 0 Å². The van der Waals surface area contributed by atoms with Crippen molar-refractivity contribution in [3.05, 3.63) is 28.8 Å². The van der Waals surface area contributed by atoms with Crippen molar-refractivity contribution in [2.75, 3.05) is 0 Å². The van der Waals surface area contributed by atoms with Crippen LogP contribution in [0.3, 0.4) is 0 Å². The summed E-state index contributed by atoms with van der Waals surface area (Å²) in [5.74, 6) is 0. The highest BCUT2D eigenvalue weighted by Gasteiger charge is 1.90. The van der Waals surface area contributed by atoms with E-state index in [1.54, 1.807) is 6.07 Å². The first-order chi connectivity index (χ1) is 4.20. The molecule has 1 rings (SSSR count). The van der Waals surface area contributed by atoms with Gasteiger partial charge >= 0.3 is 0 Å². The Morgan fingerprint density at radius 3 is 2.18 bits per heavy atom. The molecule has 0 bridgehead atoms. The zero-order chi connectivity index (χ0) is 6.85. The average Bonchev–Trinajstić information content (AvgIpc) is 1.80. The summed E-state index contributed by atoms with van der Waals surface area (Å²) in [6, 6.07) is 5.58. The summed E-state index contributed by atoms with van der Waals surface area (Å²) in [5, 5.41) is 0.634. The summed E-state index contributed by atoms with van der Waals surface area (Å²) >= 11 is 5.69. The van der Waals surface area contributed by atoms with E-state index < -0.39 is 0 Å². The molecule has 2 nitrogen and oxygen atoms in total. The number of benzene rings is 1. The lowest BCUT2D eigenvalue weighted by Crippen LogP contribution is -2.02. The van der Waals surface area contributed by atoms with Crippen molar-refractivity contribution >= 4 is 24.9 Å². The minimum absolute atomic E-state index is 0. The number of rotatable bonds is 0. The first kappa shape index (κ1) is 13.1. The maximum absolute atomic E-state index is 5.69. The predicted octanol–water partition coefficient (Wildman–Crippen LogP) is -0.207. The van der Waals surface area contributed by atoms with Crippen molar-refractivity contribution < 1.29 is 11.0 Å². The van der Waals surface area contributed by atoms with Crippen LogP contribution < -0.4 is 5.46 Å². The van der Waals surface area contributed by atoms with Crippen LogP contribution >= 0.6 is 11.6 Å². The van der Waals surface area contributed by atoms with Crippen LogP contribution in [0.1, 0.15) is 5.56 Å². The van der Waals surface area contributed by atoms with Gasteiger partial charge in [-0.25, -0.2) is 0 Å². The molecule has 0 fully saturated rings. The van der Waals surface area contributed by atoms with Gasteiger partial charge in [-0.05, 0) is 18.6 Å². The Bertz CT molecular complexity index is 228. The summed E-state index contributed by atoms with van der Waals surface area (Å²) in [4.78, 5) is 0. The molecule has 1 aromatic carbocycles. The Kier molecular flexibility index (Phi) is 6.18. The average molecular weight is 172 g/mol. The topological polar surface area (TPSA) is 63.0 Å². The van der Waals surface area contributed by atoms with Crippen molar-refractivity contribution in [3.8, 4) is 0 Å². The zero-order valence-corrected chi connectivity index (χ0v) is 6.94. The van der Waals surface area contributed by atoms with Crippen molar-refractivity contribution in [3.63, 3.8) is 0 Å². The standard InChI is InChI=1S/C7H6BCl.2H2O/c1-5-2-3-6(8)7(9)4-5;;/h2-4H,1H3;2*1H2. The van der Waals surface area contributed by atoms with E-state index in [0.717, 1.165) is 5.56 Å². The molecule has 4 heteroatoms. The van der Waals surface area contributed by atoms with Gasteiger partial charge in [0, 0.05) is 5.02 Å². The molecular formula is C7H10BClO2. The van der Waals surface area contributed by atoms with Crippen molar-refractivity contribution in [2.45, 2.75) is 6.92 Å². The second-order valence-corrected chi connectivity index (χ2v) is 2.43. The summed E-state index contributed by atoms with van der Waals surface area (Å²) < 4.78 is 0. The fraction of sp³-hybridized carbons (Fsp3) is 0.143. The molecule has 0 aliphatic rings. The quantitative estimate of drug-likeness (QED) is 0.486. The Balaban J connectivity index is 0. The molecule has 0 heterocycles. The minimum atomic E-state index is 0. The maximum Gasteiger partial charge on any atom is 0.115 e. The van der Waals surface area contributed by atoms with Gasteiger partial charge in [0.2, 0.25) is 0 Å². The first-order valence-corrected chi connectivity index (χ1v) is 3.09. The largest absolute Gasteiger partial charge is 0.412 e. The molecule has 0 saturated heterocycles. The monoisotopic (exact) mass is 172 g/mol. The zero-order valence-electron chi connectivity index (χ0n) is 6.19. The van der Waals surface area contributed by atoms with Gasteiger partial charge in [0.25, 0.3) is 0 Å². The van der Waals surface area contributed by atoms with Crippen LogP contribution in [0.2, 0.25) is 5.02 Å². The third kappa shape index (κ3) is 3.42. The first-order valence-electron chi connectivity index (χ1n) is 2.72. The second kappa shape index (κ2) is 5.19. The van der Waals surface area contributed by atoms with E-state index in [4.69, 9.17) is 19.4 Å². The van der Waals surface area contributed by atoms with Crippen LogP contribution in [-0.4, -0.2) is 18.8 Å². The van der Waals surface area contributed by atoms with Crippen LogP contribution in [0.4, 0.5) is 0 Å². The van der Waals surface area contributed by atoms with Crippen molar-refractivity contribution in [1.82, 2.24) is 0 Å². The van der Waals surface area contributed by atoms with Crippen LogP contribution in [0.25, 0.3) is 0 Å². The van der Waals surface area contributed by atoms with Gasteiger partial charge in [-0.15, -0.1) is 0 Å². The summed E-state index contributed by atoms with van der Waals surface area (Å²) in [7, 11) is 5.46. The fourth-order valence-electron chi connectivity index (χ4n) is 0.632. The Labute approximate surface area is 72.2 Å². The Morgan fingerprint density at radius 2 is 1.82 bits per heavy atom. The molecule has 11 heavy (non-hydrogen) atoms. The molecule has 0 aliphatic heterocycles. The van der Waals surface area contributed by atoms with E-state index in [1.165, 1.54) is 0 Å². The number of hydrogen-bond acceptors (Lipinski definition) is 0. The van der Waals surface area contributed by atoms with Gasteiger partial charge in [-0.3, -0.25) is 0 Å². The van der Waals surface area contributed by atoms with Gasteiger partial charge in [0.15, 0.2) is 0 Å². The highest BCUT2D eigenvalue weighted by atomic mass is 35.5. The molecule has 1 aromatic rings. The Morgan fingerprint density at radius 1 is 1.27 bits per heavy atom. The molecule has 60 valence electrons. The van der Waals surface area contributed by atoms with Crippen LogP contribution in [0.5, 0.6) is 0 Å². The van der Waals surface area contributed by atoms with Gasteiger partial charge in [0.1, 0.15) is 7.85 Å². The molecule has 0 unspecified atom stereocenters. The van der Waals surface area contributed by atoms with Gasteiger partial charge < -0.3 is 11.0 Å². The SMILES string of the molecule is O.O.[B]c1ccc(C)cc1Cl. The van der Waals surface area contributed by atoms with Crippen molar-refractivity contribution in [2.24, 2.45) is 0 Å². The second-order valence-electron chi connectivity index (χ2n) is 2.02. The predicted molar refractivity (Wildman–Crippen MR) is 48.8 cm³/mol. The minimum Gasteiger partial charge on any atom is -0.412 e. The number of halogens is 1. The molecule has 4 N–H and O–H groups in total. The number of aryl methyl sites for hydroxylation is 1. The van der Waals surface area contributed by atoms with Crippen LogP contribution in [-0.2, 0) is 0 Å². The van der Waals surface area contributed by atoms with E-state index in [2.05, 4.69) is 0 Å². The molecular weight excluding hydrogens is 162 g/mol. The van der Waals surface area contributed by atoms with Crippen LogP contribution in [0.15, 0.2) is 18.2 Å². The normalized spacial score (nSPS) is 7.82. The molecule has 0 aliphatic carbocycles. The molecule has 2 radical (unpaired) electrons. The van der Waals surface area contributed by atoms with Gasteiger partial charge in [0.05, 0.1) is 0 Å². The third-order valence-electron chi connectivity index (χ3n) is 1.16. The summed E-state index contributed by atoms with van der Waals surface area (Å²) in [6.45, 7) is 1.98. The lowest BCUT2D eigenvalue weighted by Gasteiger charge is -1.96. The highest BCUT2D eigenvalue weighted by Crippen LogP contribution is 2.05. The lowest BCUT2D eigenvalue weighted by molar-refractivity contribution is 0.823. The lowest BCUT2D eigenvalue weighted by atomic mass is 9.95. The van der Waals surface area contributed by atoms with Crippen molar-refractivity contribution in [1.29, 1.82) is 0 Å². The van der Waals surface area contributed by atoms with E-state index in [0.29, 0.717) is 10.5 Å². The summed E-state index contributed by atoms with van der Waals surface area (Å²) in [6.07, 6.45) is 0. The highest BCUT2D eigenvalue weighted by molar-refractivity contribution is 6.45. The van der Waals surface area contributed by atoms with E-state index in [1.807, 2.05) is 19.1 Å². The Hall–Kier alpha value is -0.505. The molecule has 0 spiro atoms. The van der Waals surface area contributed by atoms with Gasteiger partial charge in [-0.1, -0.05) is 29.2 Å².